The Morgan fingerprint density at radius 1 is 0.450 bits per heavy atom. The number of hydrogen-bond acceptors (Lipinski definition) is 3. The average Bonchev–Trinajstić information content (AvgIpc) is 2.97. The van der Waals surface area contributed by atoms with Gasteiger partial charge in [-0.3, -0.25) is 0 Å². The van der Waals surface area contributed by atoms with E-state index in [4.69, 9.17) is 9.47 Å². The first-order valence-corrected chi connectivity index (χ1v) is 18.3. The van der Waals surface area contributed by atoms with Crippen molar-refractivity contribution in [3.05, 3.63) is 12.2 Å². The number of allylic oxidation sites excluding steroid dienone is 2. The van der Waals surface area contributed by atoms with Crippen LogP contribution in [0.2, 0.25) is 0 Å². The zero-order chi connectivity index (χ0) is 29.0. The Morgan fingerprint density at radius 2 is 0.800 bits per heavy atom. The highest BCUT2D eigenvalue weighted by Gasteiger charge is 2.07. The smallest absolute Gasteiger partial charge is 0.104 e. The summed E-state index contributed by atoms with van der Waals surface area (Å²) in [7, 11) is 0. The van der Waals surface area contributed by atoms with Crippen LogP contribution in [-0.4, -0.2) is 37.6 Å². The maximum Gasteiger partial charge on any atom is 0.104 e. The number of unbranched alkanes of at least 4 members (excludes halogenated alkanes) is 25. The standard InChI is InChI=1S/C37H74O3/c1-3-5-7-9-11-13-15-17-19-20-21-23-25-27-29-31-33-39-36-37(35-38)40-34-32-30-28-26-24-22-18-16-14-12-10-8-6-4-2/h17,19,37-38H,3-16,18,20-36H2,1-2H3. The average molecular weight is 567 g/mol. The van der Waals surface area contributed by atoms with Crippen LogP contribution in [0.5, 0.6) is 0 Å². The second-order valence-corrected chi connectivity index (χ2v) is 12.3. The van der Waals surface area contributed by atoms with E-state index in [1.165, 1.54) is 167 Å². The predicted molar refractivity (Wildman–Crippen MR) is 177 cm³/mol. The molecule has 1 N–H and O–H groups in total. The lowest BCUT2D eigenvalue weighted by Gasteiger charge is -2.15. The van der Waals surface area contributed by atoms with Gasteiger partial charge in [0.05, 0.1) is 13.2 Å². The van der Waals surface area contributed by atoms with Gasteiger partial charge in [0.2, 0.25) is 0 Å². The minimum Gasteiger partial charge on any atom is -0.394 e. The van der Waals surface area contributed by atoms with Gasteiger partial charge in [0, 0.05) is 13.2 Å². The van der Waals surface area contributed by atoms with E-state index < -0.39 is 0 Å². The molecule has 0 fully saturated rings. The third-order valence-corrected chi connectivity index (χ3v) is 8.16. The van der Waals surface area contributed by atoms with E-state index in [2.05, 4.69) is 26.0 Å². The maximum atomic E-state index is 9.58. The summed E-state index contributed by atoms with van der Waals surface area (Å²) in [4.78, 5) is 0. The predicted octanol–water partition coefficient (Wildman–Crippen LogP) is 11.9. The zero-order valence-corrected chi connectivity index (χ0v) is 27.6. The topological polar surface area (TPSA) is 38.7 Å². The summed E-state index contributed by atoms with van der Waals surface area (Å²) in [5.41, 5.74) is 0. The van der Waals surface area contributed by atoms with Gasteiger partial charge in [-0.25, -0.2) is 0 Å². The van der Waals surface area contributed by atoms with E-state index in [0.717, 1.165) is 26.1 Å². The van der Waals surface area contributed by atoms with Crippen LogP contribution in [0.15, 0.2) is 12.2 Å². The van der Waals surface area contributed by atoms with E-state index in [0.29, 0.717) is 6.61 Å². The molecule has 0 rings (SSSR count). The molecule has 240 valence electrons. The van der Waals surface area contributed by atoms with Gasteiger partial charge < -0.3 is 14.6 Å². The lowest BCUT2D eigenvalue weighted by Crippen LogP contribution is -2.24. The molecule has 0 amide bonds. The summed E-state index contributed by atoms with van der Waals surface area (Å²) in [5.74, 6) is 0. The number of rotatable bonds is 35. The molecule has 0 bridgehead atoms. The molecule has 1 atom stereocenters. The van der Waals surface area contributed by atoms with Crippen molar-refractivity contribution in [3.8, 4) is 0 Å². The molecule has 3 nitrogen and oxygen atoms in total. The summed E-state index contributed by atoms with van der Waals surface area (Å²) in [6.45, 7) is 6.70. The van der Waals surface area contributed by atoms with Crippen molar-refractivity contribution in [3.63, 3.8) is 0 Å². The maximum absolute atomic E-state index is 9.58. The molecule has 1 unspecified atom stereocenters. The lowest BCUT2D eigenvalue weighted by atomic mass is 10.0. The first-order chi connectivity index (χ1) is 19.8. The van der Waals surface area contributed by atoms with Crippen LogP contribution in [-0.2, 0) is 9.47 Å². The SMILES string of the molecule is CCCCCCCCC=CCCCCCCCCOCC(CO)OCCCCCCCCCCCCCCCC. The van der Waals surface area contributed by atoms with Crippen molar-refractivity contribution in [1.82, 2.24) is 0 Å². The van der Waals surface area contributed by atoms with Gasteiger partial charge in [-0.15, -0.1) is 0 Å². The normalized spacial score (nSPS) is 12.6. The van der Waals surface area contributed by atoms with E-state index in [-0.39, 0.29) is 12.7 Å². The Bertz CT molecular complexity index is 464. The first-order valence-electron chi connectivity index (χ1n) is 18.3. The zero-order valence-electron chi connectivity index (χ0n) is 27.6. The van der Waals surface area contributed by atoms with Gasteiger partial charge in [0.1, 0.15) is 6.10 Å². The molecule has 3 heteroatoms. The molecule has 0 aromatic heterocycles. The van der Waals surface area contributed by atoms with Crippen LogP contribution in [0.3, 0.4) is 0 Å². The number of aliphatic hydroxyl groups excluding tert-OH is 1. The third-order valence-electron chi connectivity index (χ3n) is 8.16. The quantitative estimate of drug-likeness (QED) is 0.0612. The van der Waals surface area contributed by atoms with Gasteiger partial charge in [0.25, 0.3) is 0 Å². The Kier molecular flexibility index (Phi) is 36.3. The Balaban J connectivity index is 3.29. The van der Waals surface area contributed by atoms with Crippen molar-refractivity contribution in [2.24, 2.45) is 0 Å². The summed E-state index contributed by atoms with van der Waals surface area (Å²) in [6.07, 6.45) is 42.4. The van der Waals surface area contributed by atoms with Gasteiger partial charge >= 0.3 is 0 Å². The first kappa shape index (κ1) is 39.6. The molecule has 0 aliphatic carbocycles. The molecule has 0 aromatic carbocycles. The van der Waals surface area contributed by atoms with Crippen molar-refractivity contribution >= 4 is 0 Å². The van der Waals surface area contributed by atoms with Gasteiger partial charge in [0.15, 0.2) is 0 Å². The summed E-state index contributed by atoms with van der Waals surface area (Å²) in [6, 6.07) is 0. The number of aliphatic hydroxyl groups is 1. The monoisotopic (exact) mass is 567 g/mol. The highest BCUT2D eigenvalue weighted by atomic mass is 16.5. The lowest BCUT2D eigenvalue weighted by molar-refractivity contribution is -0.0437. The van der Waals surface area contributed by atoms with Crippen LogP contribution in [0.25, 0.3) is 0 Å². The molecule has 0 aliphatic rings. The molecule has 0 saturated carbocycles. The summed E-state index contributed by atoms with van der Waals surface area (Å²) < 4.78 is 11.6. The third kappa shape index (κ3) is 33.8. The molecule has 0 radical (unpaired) electrons. The fraction of sp³-hybridized carbons (Fsp3) is 0.946. The minimum atomic E-state index is -0.156. The Hall–Kier alpha value is -0.380. The molecule has 0 saturated heterocycles. The number of hydrogen-bond donors (Lipinski definition) is 1. The molecule has 0 aliphatic heterocycles. The Morgan fingerprint density at radius 3 is 1.20 bits per heavy atom. The summed E-state index contributed by atoms with van der Waals surface area (Å²) in [5, 5.41) is 9.58. The van der Waals surface area contributed by atoms with Crippen LogP contribution in [0.4, 0.5) is 0 Å². The van der Waals surface area contributed by atoms with Crippen LogP contribution in [0, 0.1) is 0 Å². The highest BCUT2D eigenvalue weighted by Crippen LogP contribution is 2.13. The second-order valence-electron chi connectivity index (χ2n) is 12.3. The summed E-state index contributed by atoms with van der Waals surface area (Å²) >= 11 is 0. The van der Waals surface area contributed by atoms with E-state index in [9.17, 15) is 5.11 Å². The van der Waals surface area contributed by atoms with Gasteiger partial charge in [-0.1, -0.05) is 167 Å². The van der Waals surface area contributed by atoms with Crippen LogP contribution in [0.1, 0.15) is 194 Å². The molecule has 0 heterocycles. The second kappa shape index (κ2) is 36.6. The van der Waals surface area contributed by atoms with E-state index in [1.54, 1.807) is 0 Å². The molecule has 0 spiro atoms. The van der Waals surface area contributed by atoms with Gasteiger partial charge in [-0.2, -0.15) is 0 Å². The van der Waals surface area contributed by atoms with Crippen molar-refractivity contribution in [2.45, 2.75) is 200 Å². The fourth-order valence-electron chi connectivity index (χ4n) is 5.37. The molecule has 0 aromatic rings. The van der Waals surface area contributed by atoms with Crippen LogP contribution < -0.4 is 0 Å². The molecular weight excluding hydrogens is 492 g/mol. The molecule has 40 heavy (non-hydrogen) atoms. The van der Waals surface area contributed by atoms with Gasteiger partial charge in [-0.05, 0) is 38.5 Å². The van der Waals surface area contributed by atoms with Crippen molar-refractivity contribution in [1.29, 1.82) is 0 Å². The fourth-order valence-corrected chi connectivity index (χ4v) is 5.37. The van der Waals surface area contributed by atoms with E-state index >= 15 is 0 Å². The highest BCUT2D eigenvalue weighted by molar-refractivity contribution is 4.81. The minimum absolute atomic E-state index is 0.0615. The number of ether oxygens (including phenoxy) is 2. The van der Waals surface area contributed by atoms with E-state index in [1.807, 2.05) is 0 Å². The Labute approximate surface area is 252 Å². The van der Waals surface area contributed by atoms with Crippen molar-refractivity contribution < 1.29 is 14.6 Å². The van der Waals surface area contributed by atoms with Crippen LogP contribution >= 0.6 is 0 Å². The molecular formula is C37H74O3. The van der Waals surface area contributed by atoms with Crippen molar-refractivity contribution in [2.75, 3.05) is 26.4 Å². The largest absolute Gasteiger partial charge is 0.394 e.